The molecule has 1 aromatic carbocycles. The normalized spacial score (nSPS) is 17.3. The van der Waals surface area contributed by atoms with Gasteiger partial charge in [-0.1, -0.05) is 6.07 Å². The Morgan fingerprint density at radius 3 is 2.78 bits per heavy atom. The van der Waals surface area contributed by atoms with Crippen molar-refractivity contribution in [2.24, 2.45) is 5.73 Å². The molecule has 5 heteroatoms. The molecule has 0 fully saturated rings. The maximum absolute atomic E-state index is 12.3. The largest absolute Gasteiger partial charge is 0.476 e. The Morgan fingerprint density at radius 1 is 1.44 bits per heavy atom. The second-order valence-corrected chi connectivity index (χ2v) is 4.77. The van der Waals surface area contributed by atoms with E-state index in [0.717, 1.165) is 5.56 Å². The van der Waals surface area contributed by atoms with Crippen molar-refractivity contribution < 1.29 is 14.3 Å². The molecule has 0 aliphatic carbocycles. The van der Waals surface area contributed by atoms with E-state index in [1.165, 1.54) is 0 Å². The molecule has 2 N–H and O–H groups in total. The van der Waals surface area contributed by atoms with Crippen LogP contribution in [-0.4, -0.2) is 25.3 Å². The maximum atomic E-state index is 12.3. The van der Waals surface area contributed by atoms with Crippen LogP contribution in [0, 0.1) is 0 Å². The number of carbonyl (C=O) groups excluding carboxylic acids is 1. The molecule has 1 aliphatic rings. The smallest absolute Gasteiger partial charge is 0.272 e. The third-order valence-corrected chi connectivity index (χ3v) is 2.93. The summed E-state index contributed by atoms with van der Waals surface area (Å²) in [5.74, 6) is 0.555. The van der Waals surface area contributed by atoms with Gasteiger partial charge in [-0.3, -0.25) is 9.69 Å². The van der Waals surface area contributed by atoms with Gasteiger partial charge in [0.1, 0.15) is 12.5 Å². The molecule has 0 spiro atoms. The van der Waals surface area contributed by atoms with Crippen molar-refractivity contribution >= 4 is 11.6 Å². The summed E-state index contributed by atoms with van der Waals surface area (Å²) in [5, 5.41) is 0. The van der Waals surface area contributed by atoms with Gasteiger partial charge in [0.15, 0.2) is 5.60 Å². The molecule has 5 nitrogen and oxygen atoms in total. The van der Waals surface area contributed by atoms with Crippen molar-refractivity contribution in [3.63, 3.8) is 0 Å². The lowest BCUT2D eigenvalue weighted by molar-refractivity contribution is -0.133. The topological polar surface area (TPSA) is 64.8 Å². The van der Waals surface area contributed by atoms with Crippen LogP contribution in [0.25, 0.3) is 0 Å². The Bertz CT molecular complexity index is 471. The van der Waals surface area contributed by atoms with Gasteiger partial charge in [-0.15, -0.1) is 0 Å². The van der Waals surface area contributed by atoms with Crippen molar-refractivity contribution in [2.45, 2.75) is 26.0 Å². The van der Waals surface area contributed by atoms with Gasteiger partial charge in [0.05, 0.1) is 5.69 Å². The zero-order chi connectivity index (χ0) is 13.3. The minimum absolute atomic E-state index is 0.119. The third kappa shape index (κ3) is 2.07. The monoisotopic (exact) mass is 250 g/mol. The van der Waals surface area contributed by atoms with Crippen LogP contribution in [0.2, 0.25) is 0 Å². The lowest BCUT2D eigenvalue weighted by atomic mass is 10.0. The van der Waals surface area contributed by atoms with Gasteiger partial charge in [0, 0.05) is 13.7 Å². The molecule has 18 heavy (non-hydrogen) atoms. The number of amides is 1. The molecule has 0 bridgehead atoms. The first-order valence-corrected chi connectivity index (χ1v) is 5.82. The molecule has 1 aromatic rings. The number of rotatable bonds is 3. The number of hydrogen-bond acceptors (Lipinski definition) is 4. The van der Waals surface area contributed by atoms with Gasteiger partial charge >= 0.3 is 0 Å². The van der Waals surface area contributed by atoms with E-state index in [0.29, 0.717) is 18.0 Å². The summed E-state index contributed by atoms with van der Waals surface area (Å²) < 4.78 is 10.8. The second-order valence-electron chi connectivity index (χ2n) is 4.77. The van der Waals surface area contributed by atoms with Crippen molar-refractivity contribution in [1.29, 1.82) is 0 Å². The van der Waals surface area contributed by atoms with Crippen LogP contribution < -0.4 is 15.4 Å². The number of anilines is 1. The Kier molecular flexibility index (Phi) is 3.28. The number of hydrogen-bond donors (Lipinski definition) is 1. The van der Waals surface area contributed by atoms with Gasteiger partial charge in [-0.25, -0.2) is 0 Å². The zero-order valence-electron chi connectivity index (χ0n) is 10.9. The predicted molar refractivity (Wildman–Crippen MR) is 68.4 cm³/mol. The number of methoxy groups -OCH3 is 1. The molecule has 0 atom stereocenters. The van der Waals surface area contributed by atoms with Gasteiger partial charge in [-0.05, 0) is 31.5 Å². The van der Waals surface area contributed by atoms with Crippen LogP contribution in [-0.2, 0) is 16.1 Å². The summed E-state index contributed by atoms with van der Waals surface area (Å²) in [6.07, 6.45) is 0. The van der Waals surface area contributed by atoms with E-state index >= 15 is 0 Å². The molecule has 0 radical (unpaired) electrons. The minimum Gasteiger partial charge on any atom is -0.476 e. The molecule has 0 unspecified atom stereocenters. The number of nitrogens with two attached hydrogens (primary N) is 1. The van der Waals surface area contributed by atoms with E-state index in [2.05, 4.69) is 0 Å². The number of fused-ring (bicyclic) bond motifs is 1. The first-order valence-electron chi connectivity index (χ1n) is 5.82. The summed E-state index contributed by atoms with van der Waals surface area (Å²) in [6.45, 7) is 4.12. The van der Waals surface area contributed by atoms with E-state index in [1.54, 1.807) is 25.9 Å². The van der Waals surface area contributed by atoms with Crippen molar-refractivity contribution in [2.75, 3.05) is 18.7 Å². The standard InChI is InChI=1S/C13H18N2O3/c1-13(2)12(16)15(8-17-3)10-6-9(7-14)4-5-11(10)18-13/h4-6H,7-8,14H2,1-3H3. The minimum atomic E-state index is -0.879. The maximum Gasteiger partial charge on any atom is 0.272 e. The average molecular weight is 250 g/mol. The Hall–Kier alpha value is -1.59. The molecular formula is C13H18N2O3. The van der Waals surface area contributed by atoms with E-state index in [9.17, 15) is 4.79 Å². The summed E-state index contributed by atoms with van der Waals surface area (Å²) in [7, 11) is 1.56. The van der Waals surface area contributed by atoms with Gasteiger partial charge < -0.3 is 15.2 Å². The SMILES string of the molecule is COCN1C(=O)C(C)(C)Oc2ccc(CN)cc21. The lowest BCUT2D eigenvalue weighted by Crippen LogP contribution is -2.53. The highest BCUT2D eigenvalue weighted by atomic mass is 16.5. The van der Waals surface area contributed by atoms with Crippen LogP contribution >= 0.6 is 0 Å². The third-order valence-electron chi connectivity index (χ3n) is 2.93. The van der Waals surface area contributed by atoms with E-state index in [4.69, 9.17) is 15.2 Å². The fraction of sp³-hybridized carbons (Fsp3) is 0.462. The lowest BCUT2D eigenvalue weighted by Gasteiger charge is -2.38. The molecule has 2 rings (SSSR count). The second kappa shape index (κ2) is 4.59. The highest BCUT2D eigenvalue weighted by Crippen LogP contribution is 2.38. The van der Waals surface area contributed by atoms with Gasteiger partial charge in [-0.2, -0.15) is 0 Å². The molecular weight excluding hydrogens is 232 g/mol. The molecule has 1 aliphatic heterocycles. The van der Waals surface area contributed by atoms with E-state index in [-0.39, 0.29) is 12.6 Å². The summed E-state index contributed by atoms with van der Waals surface area (Å²) in [4.78, 5) is 13.9. The molecule has 0 aromatic heterocycles. The molecule has 1 amide bonds. The van der Waals surface area contributed by atoms with Crippen LogP contribution in [0.5, 0.6) is 5.75 Å². The first-order chi connectivity index (χ1) is 8.49. The van der Waals surface area contributed by atoms with Crippen LogP contribution in [0.3, 0.4) is 0 Å². The van der Waals surface area contributed by atoms with Crippen LogP contribution in [0.1, 0.15) is 19.4 Å². The van der Waals surface area contributed by atoms with Crippen molar-refractivity contribution in [3.05, 3.63) is 23.8 Å². The fourth-order valence-electron chi connectivity index (χ4n) is 2.00. The van der Waals surface area contributed by atoms with Gasteiger partial charge in [0.25, 0.3) is 5.91 Å². The summed E-state index contributed by atoms with van der Waals surface area (Å²) in [5.41, 5.74) is 6.40. The number of benzene rings is 1. The van der Waals surface area contributed by atoms with Crippen LogP contribution in [0.4, 0.5) is 5.69 Å². The van der Waals surface area contributed by atoms with E-state index < -0.39 is 5.60 Å². The molecule has 0 saturated heterocycles. The Balaban J connectivity index is 2.49. The fourth-order valence-corrected chi connectivity index (χ4v) is 2.00. The quantitative estimate of drug-likeness (QED) is 0.877. The molecule has 98 valence electrons. The highest BCUT2D eigenvalue weighted by Gasteiger charge is 2.40. The number of ether oxygens (including phenoxy) is 2. The molecule has 0 saturated carbocycles. The van der Waals surface area contributed by atoms with Gasteiger partial charge in [0.2, 0.25) is 0 Å². The first kappa shape index (κ1) is 12.9. The van der Waals surface area contributed by atoms with Crippen molar-refractivity contribution in [1.82, 2.24) is 0 Å². The van der Waals surface area contributed by atoms with Crippen LogP contribution in [0.15, 0.2) is 18.2 Å². The predicted octanol–water partition coefficient (Wildman–Crippen LogP) is 1.25. The zero-order valence-corrected chi connectivity index (χ0v) is 10.9. The van der Waals surface area contributed by atoms with E-state index in [1.807, 2.05) is 18.2 Å². The summed E-state index contributed by atoms with van der Waals surface area (Å²) >= 11 is 0. The number of nitrogens with zero attached hydrogens (tertiary/aromatic N) is 1. The highest BCUT2D eigenvalue weighted by molar-refractivity contribution is 6.02. The Morgan fingerprint density at radius 2 is 2.17 bits per heavy atom. The van der Waals surface area contributed by atoms with Crippen molar-refractivity contribution in [3.8, 4) is 5.75 Å². The summed E-state index contributed by atoms with van der Waals surface area (Å²) in [6, 6.07) is 5.60. The Labute approximate surface area is 106 Å². The average Bonchev–Trinajstić information content (AvgIpc) is 2.34. The number of carbonyl (C=O) groups is 1. The molecule has 1 heterocycles.